The second kappa shape index (κ2) is 17.1. The molecule has 0 saturated carbocycles. The molecule has 0 rings (SSSR count). The SMILES string of the molecule is CCCCCCCC/C=C\CCCCCCCCC(C(N)(N)CCC)C(C)(C)S(=O)(=O)O. The van der Waals surface area contributed by atoms with Gasteiger partial charge in [0.1, 0.15) is 0 Å². The van der Waals surface area contributed by atoms with Gasteiger partial charge in [-0.2, -0.15) is 8.42 Å². The van der Waals surface area contributed by atoms with Crippen molar-refractivity contribution < 1.29 is 13.0 Å². The number of hydrogen-bond acceptors (Lipinski definition) is 4. The van der Waals surface area contributed by atoms with Gasteiger partial charge in [-0.15, -0.1) is 0 Å². The summed E-state index contributed by atoms with van der Waals surface area (Å²) in [6.45, 7) is 7.32. The molecule has 0 bridgehead atoms. The molecule has 192 valence electrons. The Bertz CT molecular complexity index is 586. The fourth-order valence-electron chi connectivity index (χ4n) is 4.65. The molecular weight excluding hydrogens is 420 g/mol. The van der Waals surface area contributed by atoms with Crippen LogP contribution in [0.2, 0.25) is 0 Å². The van der Waals surface area contributed by atoms with E-state index in [9.17, 15) is 13.0 Å². The van der Waals surface area contributed by atoms with E-state index < -0.39 is 26.4 Å². The summed E-state index contributed by atoms with van der Waals surface area (Å²) >= 11 is 0. The van der Waals surface area contributed by atoms with Crippen LogP contribution < -0.4 is 11.5 Å². The lowest BCUT2D eigenvalue weighted by molar-refractivity contribution is 0.186. The van der Waals surface area contributed by atoms with Crippen LogP contribution in [0, 0.1) is 5.92 Å². The second-order valence-corrected chi connectivity index (χ2v) is 12.2. The van der Waals surface area contributed by atoms with E-state index in [1.807, 2.05) is 6.92 Å². The summed E-state index contributed by atoms with van der Waals surface area (Å²) < 4.78 is 32.3. The highest BCUT2D eigenvalue weighted by atomic mass is 32.2. The monoisotopic (exact) mass is 474 g/mol. The highest BCUT2D eigenvalue weighted by molar-refractivity contribution is 7.87. The van der Waals surface area contributed by atoms with Crippen molar-refractivity contribution in [1.29, 1.82) is 0 Å². The lowest BCUT2D eigenvalue weighted by Crippen LogP contribution is -2.63. The molecule has 5 nitrogen and oxygen atoms in total. The molecule has 6 heteroatoms. The fourth-order valence-corrected chi connectivity index (χ4v) is 5.34. The molecule has 0 saturated heterocycles. The molecular formula is C26H54N2O3S. The average Bonchev–Trinajstić information content (AvgIpc) is 2.69. The van der Waals surface area contributed by atoms with E-state index in [0.717, 1.165) is 25.7 Å². The highest BCUT2D eigenvalue weighted by Crippen LogP contribution is 2.36. The standard InChI is InChI=1S/C26H54N2O3S/c1-5-7-8-9-10-11-12-13-14-15-16-17-18-19-20-21-22-24(26(27,28)23-6-2)25(3,4)32(29,30)31/h13-14,24H,5-12,15-23,27-28H2,1-4H3,(H,29,30,31)/b14-13-. The third-order valence-electron chi connectivity index (χ3n) is 6.84. The molecule has 0 amide bonds. The van der Waals surface area contributed by atoms with E-state index >= 15 is 0 Å². The quantitative estimate of drug-likeness (QED) is 0.0711. The first-order valence-corrected chi connectivity index (χ1v) is 14.6. The van der Waals surface area contributed by atoms with Gasteiger partial charge < -0.3 is 11.5 Å². The van der Waals surface area contributed by atoms with Crippen LogP contribution >= 0.6 is 0 Å². The Hall–Kier alpha value is -0.430. The summed E-state index contributed by atoms with van der Waals surface area (Å²) in [6.07, 6.45) is 23.8. The van der Waals surface area contributed by atoms with E-state index in [1.54, 1.807) is 0 Å². The Balaban J connectivity index is 4.05. The molecule has 32 heavy (non-hydrogen) atoms. The van der Waals surface area contributed by atoms with Gasteiger partial charge in [-0.05, 0) is 52.4 Å². The van der Waals surface area contributed by atoms with Crippen LogP contribution in [0.3, 0.4) is 0 Å². The summed E-state index contributed by atoms with van der Waals surface area (Å²) in [5.41, 5.74) is 11.5. The number of unbranched alkanes of at least 4 members (excludes halogenated alkanes) is 12. The van der Waals surface area contributed by atoms with E-state index in [2.05, 4.69) is 19.1 Å². The van der Waals surface area contributed by atoms with E-state index in [-0.39, 0.29) is 0 Å². The van der Waals surface area contributed by atoms with Gasteiger partial charge >= 0.3 is 0 Å². The summed E-state index contributed by atoms with van der Waals surface area (Å²) in [5, 5.41) is 0. The Labute approximate surface area is 199 Å². The Morgan fingerprint density at radius 1 is 0.750 bits per heavy atom. The van der Waals surface area contributed by atoms with Crippen molar-refractivity contribution in [3.8, 4) is 0 Å². The summed E-state index contributed by atoms with van der Waals surface area (Å²) in [4.78, 5) is 0. The third-order valence-corrected chi connectivity index (χ3v) is 8.45. The minimum Gasteiger partial charge on any atom is -0.313 e. The maximum absolute atomic E-state index is 12.0. The van der Waals surface area contributed by atoms with Gasteiger partial charge in [-0.25, -0.2) is 0 Å². The maximum Gasteiger partial charge on any atom is 0.270 e. The normalized spacial score (nSPS) is 14.3. The van der Waals surface area contributed by atoms with Gasteiger partial charge in [0.15, 0.2) is 0 Å². The smallest absolute Gasteiger partial charge is 0.270 e. The third kappa shape index (κ3) is 13.3. The predicted molar refractivity (Wildman–Crippen MR) is 139 cm³/mol. The Morgan fingerprint density at radius 3 is 1.62 bits per heavy atom. The summed E-state index contributed by atoms with van der Waals surface area (Å²) in [7, 11) is -4.24. The zero-order valence-corrected chi connectivity index (χ0v) is 22.4. The van der Waals surface area contributed by atoms with Crippen LogP contribution in [0.25, 0.3) is 0 Å². The first-order chi connectivity index (χ1) is 15.0. The average molecular weight is 475 g/mol. The fraction of sp³-hybridized carbons (Fsp3) is 0.923. The largest absolute Gasteiger partial charge is 0.313 e. The zero-order valence-electron chi connectivity index (χ0n) is 21.6. The summed E-state index contributed by atoms with van der Waals surface area (Å²) in [5.74, 6) is -0.485. The number of hydrogen-bond donors (Lipinski definition) is 3. The number of nitrogens with two attached hydrogens (primary N) is 2. The molecule has 0 fully saturated rings. The van der Waals surface area contributed by atoms with Gasteiger partial charge in [-0.1, -0.05) is 96.6 Å². The van der Waals surface area contributed by atoms with E-state index in [1.165, 1.54) is 84.5 Å². The van der Waals surface area contributed by atoms with Crippen LogP contribution in [-0.2, 0) is 10.1 Å². The topological polar surface area (TPSA) is 106 Å². The van der Waals surface area contributed by atoms with Crippen molar-refractivity contribution in [3.63, 3.8) is 0 Å². The lowest BCUT2D eigenvalue weighted by Gasteiger charge is -2.42. The molecule has 1 atom stereocenters. The highest BCUT2D eigenvalue weighted by Gasteiger charge is 2.48. The molecule has 0 aromatic heterocycles. The van der Waals surface area contributed by atoms with Crippen molar-refractivity contribution in [2.45, 2.75) is 147 Å². The maximum atomic E-state index is 12.0. The van der Waals surface area contributed by atoms with Crippen LogP contribution in [0.4, 0.5) is 0 Å². The van der Waals surface area contributed by atoms with E-state index in [0.29, 0.717) is 12.8 Å². The van der Waals surface area contributed by atoms with Gasteiger partial charge in [0.2, 0.25) is 0 Å². The van der Waals surface area contributed by atoms with Crippen molar-refractivity contribution in [3.05, 3.63) is 12.2 Å². The van der Waals surface area contributed by atoms with Crippen LogP contribution in [0.15, 0.2) is 12.2 Å². The van der Waals surface area contributed by atoms with Crippen LogP contribution in [0.1, 0.15) is 137 Å². The van der Waals surface area contributed by atoms with Gasteiger partial charge in [0.25, 0.3) is 10.1 Å². The van der Waals surface area contributed by atoms with Gasteiger partial charge in [0.05, 0.1) is 10.4 Å². The van der Waals surface area contributed by atoms with Gasteiger partial charge in [-0.3, -0.25) is 4.55 Å². The Morgan fingerprint density at radius 2 is 1.19 bits per heavy atom. The van der Waals surface area contributed by atoms with Crippen molar-refractivity contribution in [2.75, 3.05) is 0 Å². The molecule has 0 aromatic carbocycles. The second-order valence-electron chi connectivity index (χ2n) is 10.2. The molecule has 1 unspecified atom stereocenters. The number of allylic oxidation sites excluding steroid dienone is 2. The lowest BCUT2D eigenvalue weighted by atomic mass is 9.77. The van der Waals surface area contributed by atoms with Crippen LogP contribution in [-0.4, -0.2) is 23.4 Å². The molecule has 0 aliphatic rings. The first kappa shape index (κ1) is 31.6. The first-order valence-electron chi connectivity index (χ1n) is 13.2. The molecule has 0 aromatic rings. The minimum atomic E-state index is -4.24. The summed E-state index contributed by atoms with van der Waals surface area (Å²) in [6, 6.07) is 0. The van der Waals surface area contributed by atoms with Gasteiger partial charge in [0, 0.05) is 5.92 Å². The molecule has 0 spiro atoms. The predicted octanol–water partition coefficient (Wildman–Crippen LogP) is 7.11. The van der Waals surface area contributed by atoms with Crippen molar-refractivity contribution in [2.24, 2.45) is 17.4 Å². The zero-order chi connectivity index (χ0) is 24.5. The minimum absolute atomic E-state index is 0.485. The molecule has 0 heterocycles. The number of rotatable bonds is 21. The molecule has 0 radical (unpaired) electrons. The molecule has 0 aliphatic heterocycles. The van der Waals surface area contributed by atoms with E-state index in [4.69, 9.17) is 11.5 Å². The van der Waals surface area contributed by atoms with Crippen molar-refractivity contribution >= 4 is 10.1 Å². The Kier molecular flexibility index (Phi) is 16.8. The molecule has 5 N–H and O–H groups in total. The van der Waals surface area contributed by atoms with Crippen molar-refractivity contribution in [1.82, 2.24) is 0 Å². The van der Waals surface area contributed by atoms with Crippen LogP contribution in [0.5, 0.6) is 0 Å². The molecule has 0 aliphatic carbocycles.